The molecule has 0 saturated heterocycles. The van der Waals surface area contributed by atoms with Crippen LogP contribution in [-0.2, 0) is 0 Å². The molecule has 5 heteroatoms. The number of nitrogens with zero attached hydrogens (tertiary/aromatic N) is 2. The molecule has 0 radical (unpaired) electrons. The van der Waals surface area contributed by atoms with Crippen molar-refractivity contribution < 1.29 is 4.79 Å². The molecule has 1 aromatic carbocycles. The predicted octanol–water partition coefficient (Wildman–Crippen LogP) is 2.54. The van der Waals surface area contributed by atoms with Crippen LogP contribution in [0.2, 0.25) is 0 Å². The average Bonchev–Trinajstić information content (AvgIpc) is 2.58. The van der Waals surface area contributed by atoms with Crippen molar-refractivity contribution in [3.8, 4) is 5.69 Å². The fourth-order valence-corrected chi connectivity index (χ4v) is 2.95. The summed E-state index contributed by atoms with van der Waals surface area (Å²) in [6.45, 7) is 2.25. The summed E-state index contributed by atoms with van der Waals surface area (Å²) in [7, 11) is 0. The fourth-order valence-electron chi connectivity index (χ4n) is 2.95. The minimum atomic E-state index is -0.251. The van der Waals surface area contributed by atoms with E-state index in [1.165, 1.54) is 16.8 Å². The van der Waals surface area contributed by atoms with E-state index in [4.69, 9.17) is 0 Å². The normalized spacial score (nSPS) is 20.9. The fraction of sp³-hybridized carbons (Fsp3) is 0.389. The number of benzene rings is 1. The van der Waals surface area contributed by atoms with Gasteiger partial charge in [-0.1, -0.05) is 25.1 Å². The van der Waals surface area contributed by atoms with Crippen LogP contribution >= 0.6 is 0 Å². The van der Waals surface area contributed by atoms with Crippen molar-refractivity contribution in [2.75, 3.05) is 0 Å². The lowest BCUT2D eigenvalue weighted by Gasteiger charge is -2.26. The number of rotatable bonds is 3. The summed E-state index contributed by atoms with van der Waals surface area (Å²) in [6.07, 6.45) is 4.29. The van der Waals surface area contributed by atoms with Crippen molar-refractivity contribution in [1.82, 2.24) is 15.1 Å². The van der Waals surface area contributed by atoms with Crippen molar-refractivity contribution in [2.24, 2.45) is 5.92 Å². The molecular weight excluding hydrogens is 290 g/mol. The third-order valence-electron chi connectivity index (χ3n) is 4.38. The van der Waals surface area contributed by atoms with Gasteiger partial charge in [-0.3, -0.25) is 9.59 Å². The Labute approximate surface area is 135 Å². The SMILES string of the molecule is CC1CCC(NC(=O)c2ccc(=O)n(-c3ccccc3)n2)CC1. The van der Waals surface area contributed by atoms with Gasteiger partial charge in [0.15, 0.2) is 0 Å². The van der Waals surface area contributed by atoms with Gasteiger partial charge in [-0.05, 0) is 49.8 Å². The molecule has 1 heterocycles. The molecule has 2 aromatic rings. The second kappa shape index (κ2) is 6.77. The van der Waals surface area contributed by atoms with Crippen molar-refractivity contribution in [3.05, 3.63) is 58.5 Å². The molecule has 3 rings (SSSR count). The summed E-state index contributed by atoms with van der Waals surface area (Å²) >= 11 is 0. The van der Waals surface area contributed by atoms with Crippen LogP contribution in [0.5, 0.6) is 0 Å². The van der Waals surface area contributed by atoms with Crippen LogP contribution in [-0.4, -0.2) is 21.7 Å². The van der Waals surface area contributed by atoms with Gasteiger partial charge in [0.05, 0.1) is 5.69 Å². The zero-order chi connectivity index (χ0) is 16.2. The minimum Gasteiger partial charge on any atom is -0.348 e. The van der Waals surface area contributed by atoms with Crippen molar-refractivity contribution in [3.63, 3.8) is 0 Å². The average molecular weight is 311 g/mol. The molecule has 0 aliphatic heterocycles. The summed E-state index contributed by atoms with van der Waals surface area (Å²) in [6, 6.07) is 12.2. The van der Waals surface area contributed by atoms with Crippen LogP contribution in [0.15, 0.2) is 47.3 Å². The molecule has 0 unspecified atom stereocenters. The lowest BCUT2D eigenvalue weighted by atomic mass is 9.87. The van der Waals surface area contributed by atoms with Gasteiger partial charge in [-0.15, -0.1) is 0 Å². The molecule has 1 aromatic heterocycles. The first-order valence-electron chi connectivity index (χ1n) is 8.10. The highest BCUT2D eigenvalue weighted by atomic mass is 16.2. The van der Waals surface area contributed by atoms with E-state index in [-0.39, 0.29) is 23.2 Å². The largest absolute Gasteiger partial charge is 0.348 e. The Bertz CT molecular complexity index is 731. The van der Waals surface area contributed by atoms with Gasteiger partial charge in [-0.2, -0.15) is 9.78 Å². The Balaban J connectivity index is 1.78. The van der Waals surface area contributed by atoms with Crippen LogP contribution in [0.3, 0.4) is 0 Å². The minimum absolute atomic E-state index is 0.206. The summed E-state index contributed by atoms with van der Waals surface area (Å²) < 4.78 is 1.26. The maximum absolute atomic E-state index is 12.4. The zero-order valence-corrected chi connectivity index (χ0v) is 13.2. The molecule has 5 nitrogen and oxygen atoms in total. The molecule has 0 atom stereocenters. The van der Waals surface area contributed by atoms with E-state index in [9.17, 15) is 9.59 Å². The van der Waals surface area contributed by atoms with E-state index in [2.05, 4.69) is 17.3 Å². The lowest BCUT2D eigenvalue weighted by molar-refractivity contribution is 0.0916. The van der Waals surface area contributed by atoms with Crippen LogP contribution in [0.25, 0.3) is 5.69 Å². The zero-order valence-electron chi connectivity index (χ0n) is 13.2. The first-order valence-corrected chi connectivity index (χ1v) is 8.10. The van der Waals surface area contributed by atoms with Gasteiger partial charge in [0, 0.05) is 12.1 Å². The third kappa shape index (κ3) is 3.67. The highest BCUT2D eigenvalue weighted by molar-refractivity contribution is 5.92. The summed E-state index contributed by atoms with van der Waals surface area (Å²) in [5, 5.41) is 7.25. The maximum atomic E-state index is 12.4. The van der Waals surface area contributed by atoms with E-state index >= 15 is 0 Å². The van der Waals surface area contributed by atoms with E-state index in [1.54, 1.807) is 12.1 Å². The molecule has 1 N–H and O–H groups in total. The monoisotopic (exact) mass is 311 g/mol. The number of aromatic nitrogens is 2. The Morgan fingerprint density at radius 3 is 2.48 bits per heavy atom. The molecule has 23 heavy (non-hydrogen) atoms. The van der Waals surface area contributed by atoms with Gasteiger partial charge >= 0.3 is 0 Å². The van der Waals surface area contributed by atoms with Crippen LogP contribution in [0, 0.1) is 5.92 Å². The number of carbonyl (C=O) groups excluding carboxylic acids is 1. The van der Waals surface area contributed by atoms with Crippen LogP contribution in [0.4, 0.5) is 0 Å². The van der Waals surface area contributed by atoms with Gasteiger partial charge < -0.3 is 5.32 Å². The second-order valence-electron chi connectivity index (χ2n) is 6.23. The third-order valence-corrected chi connectivity index (χ3v) is 4.38. The molecule has 1 amide bonds. The van der Waals surface area contributed by atoms with Crippen LogP contribution < -0.4 is 10.9 Å². The van der Waals surface area contributed by atoms with Crippen molar-refractivity contribution in [2.45, 2.75) is 38.6 Å². The van der Waals surface area contributed by atoms with Gasteiger partial charge in [0.25, 0.3) is 11.5 Å². The van der Waals surface area contributed by atoms with E-state index in [0.29, 0.717) is 5.69 Å². The quantitative estimate of drug-likeness (QED) is 0.947. The number of amides is 1. The van der Waals surface area contributed by atoms with Crippen molar-refractivity contribution in [1.29, 1.82) is 0 Å². The summed E-state index contributed by atoms with van der Waals surface area (Å²) in [4.78, 5) is 24.4. The molecule has 1 saturated carbocycles. The first-order chi connectivity index (χ1) is 11.1. The van der Waals surface area contributed by atoms with E-state index < -0.39 is 0 Å². The Hall–Kier alpha value is -2.43. The number of hydrogen-bond donors (Lipinski definition) is 1. The summed E-state index contributed by atoms with van der Waals surface area (Å²) in [5.41, 5.74) is 0.671. The van der Waals surface area contributed by atoms with E-state index in [1.807, 2.05) is 18.2 Å². The predicted molar refractivity (Wildman–Crippen MR) is 88.7 cm³/mol. The molecule has 0 bridgehead atoms. The van der Waals surface area contributed by atoms with E-state index in [0.717, 1.165) is 31.6 Å². The number of carbonyl (C=O) groups is 1. The Kier molecular flexibility index (Phi) is 4.55. The summed E-state index contributed by atoms with van der Waals surface area (Å²) in [5.74, 6) is 0.524. The Morgan fingerprint density at radius 2 is 1.78 bits per heavy atom. The number of hydrogen-bond acceptors (Lipinski definition) is 3. The number of para-hydroxylation sites is 1. The van der Waals surface area contributed by atoms with Gasteiger partial charge in [0.2, 0.25) is 0 Å². The van der Waals surface area contributed by atoms with Gasteiger partial charge in [-0.25, -0.2) is 0 Å². The molecule has 0 spiro atoms. The molecular formula is C18H21N3O2. The second-order valence-corrected chi connectivity index (χ2v) is 6.23. The number of nitrogens with one attached hydrogen (secondary N) is 1. The Morgan fingerprint density at radius 1 is 1.09 bits per heavy atom. The molecule has 120 valence electrons. The highest BCUT2D eigenvalue weighted by Crippen LogP contribution is 2.23. The molecule has 1 aliphatic rings. The topological polar surface area (TPSA) is 64.0 Å². The standard InChI is InChI=1S/C18H21N3O2/c1-13-7-9-14(10-8-13)19-18(23)16-11-12-17(22)21(20-16)15-5-3-2-4-6-15/h2-6,11-14H,7-10H2,1H3,(H,19,23). The van der Waals surface area contributed by atoms with Crippen LogP contribution in [0.1, 0.15) is 43.1 Å². The molecule has 1 fully saturated rings. The lowest BCUT2D eigenvalue weighted by Crippen LogP contribution is -2.38. The smallest absolute Gasteiger partial charge is 0.271 e. The molecule has 1 aliphatic carbocycles. The highest BCUT2D eigenvalue weighted by Gasteiger charge is 2.21. The maximum Gasteiger partial charge on any atom is 0.271 e. The van der Waals surface area contributed by atoms with Crippen molar-refractivity contribution >= 4 is 5.91 Å². The first kappa shape index (κ1) is 15.5. The van der Waals surface area contributed by atoms with Gasteiger partial charge in [0.1, 0.15) is 5.69 Å².